The van der Waals surface area contributed by atoms with E-state index in [2.05, 4.69) is 15.5 Å². The highest BCUT2D eigenvalue weighted by Crippen LogP contribution is 2.08. The molecule has 0 aromatic carbocycles. The van der Waals surface area contributed by atoms with Crippen LogP contribution in [-0.4, -0.2) is 90.7 Å². The Hall–Kier alpha value is -3.97. The van der Waals surface area contributed by atoms with E-state index in [0.29, 0.717) is 29.3 Å². The van der Waals surface area contributed by atoms with Crippen molar-refractivity contribution in [2.24, 2.45) is 15.5 Å². The second-order valence-electron chi connectivity index (χ2n) is 6.39. The summed E-state index contributed by atoms with van der Waals surface area (Å²) >= 11 is 0. The minimum atomic E-state index is -0.913. The molecule has 12 nitrogen and oxygen atoms in total. The zero-order chi connectivity index (χ0) is 24.8. The van der Waals surface area contributed by atoms with Crippen molar-refractivity contribution in [1.29, 1.82) is 0 Å². The molecule has 0 saturated carbocycles. The van der Waals surface area contributed by atoms with Crippen molar-refractivity contribution < 1.29 is 45.6 Å². The zero-order valence-corrected chi connectivity index (χ0v) is 17.1. The number of aliphatic hydroxyl groups is 4. The highest BCUT2D eigenvalue weighted by molar-refractivity contribution is 6.05. The largest absolute Gasteiger partial charge is 0.411 e. The SMILES string of the molecule is O=CC1=CC(=NO)C(O)C=C1.O=CC1=CC(=NO)C(O)C=C1.OCC1=CC(=NO)C(O)C=C1. The van der Waals surface area contributed by atoms with Crippen LogP contribution in [0.2, 0.25) is 0 Å². The summed E-state index contributed by atoms with van der Waals surface area (Å²) < 4.78 is 0. The predicted octanol–water partition coefficient (Wildman–Crippen LogP) is -0.589. The topological polar surface area (TPSA) is 213 Å². The Bertz CT molecular complexity index is 931. The molecule has 0 heterocycles. The van der Waals surface area contributed by atoms with Gasteiger partial charge in [-0.3, -0.25) is 9.59 Å². The van der Waals surface area contributed by atoms with Crippen molar-refractivity contribution in [1.82, 2.24) is 0 Å². The summed E-state index contributed by atoms with van der Waals surface area (Å²) in [4.78, 5) is 20.4. The summed E-state index contributed by atoms with van der Waals surface area (Å²) in [6.07, 6.45) is 11.3. The van der Waals surface area contributed by atoms with Gasteiger partial charge in [-0.1, -0.05) is 33.7 Å². The van der Waals surface area contributed by atoms with E-state index in [9.17, 15) is 9.59 Å². The van der Waals surface area contributed by atoms with E-state index in [4.69, 9.17) is 36.0 Å². The van der Waals surface area contributed by atoms with Crippen LogP contribution in [0.1, 0.15) is 0 Å². The summed E-state index contributed by atoms with van der Waals surface area (Å²) in [5.74, 6) is 0. The molecule has 0 radical (unpaired) electrons. The molecule has 0 aromatic rings. The Balaban J connectivity index is 0.000000247. The van der Waals surface area contributed by atoms with Crippen LogP contribution in [0.4, 0.5) is 0 Å². The fourth-order valence-electron chi connectivity index (χ4n) is 2.36. The number of aldehydes is 2. The van der Waals surface area contributed by atoms with Crippen molar-refractivity contribution in [3.63, 3.8) is 0 Å². The normalized spacial score (nSPS) is 27.0. The number of hydrogen-bond donors (Lipinski definition) is 7. The molecular weight excluding hydrogens is 438 g/mol. The Morgan fingerprint density at radius 3 is 1.36 bits per heavy atom. The van der Waals surface area contributed by atoms with Gasteiger partial charge in [0.25, 0.3) is 0 Å². The number of nitrogens with zero attached hydrogens (tertiary/aromatic N) is 3. The van der Waals surface area contributed by atoms with Gasteiger partial charge in [-0.2, -0.15) is 0 Å². The highest BCUT2D eigenvalue weighted by Gasteiger charge is 2.13. The van der Waals surface area contributed by atoms with Crippen LogP contribution in [0.15, 0.2) is 86.9 Å². The van der Waals surface area contributed by atoms with Crippen molar-refractivity contribution in [3.8, 4) is 0 Å². The van der Waals surface area contributed by atoms with Crippen LogP contribution in [0.3, 0.4) is 0 Å². The van der Waals surface area contributed by atoms with E-state index in [1.807, 2.05) is 0 Å². The van der Waals surface area contributed by atoms with E-state index >= 15 is 0 Å². The second-order valence-corrected chi connectivity index (χ2v) is 6.39. The Kier molecular flexibility index (Phi) is 11.6. The monoisotopic (exact) mass is 461 g/mol. The van der Waals surface area contributed by atoms with E-state index in [-0.39, 0.29) is 23.7 Å². The molecule has 0 spiro atoms. The van der Waals surface area contributed by atoms with Gasteiger partial charge in [-0.25, -0.2) is 0 Å². The number of aliphatic hydroxyl groups excluding tert-OH is 4. The fourth-order valence-corrected chi connectivity index (χ4v) is 2.36. The Morgan fingerprint density at radius 1 is 0.667 bits per heavy atom. The number of allylic oxidation sites excluding steroid dienone is 4. The lowest BCUT2D eigenvalue weighted by Crippen LogP contribution is -2.19. The maximum Gasteiger partial charge on any atom is 0.150 e. The third kappa shape index (κ3) is 8.59. The molecule has 3 aliphatic carbocycles. The molecule has 7 N–H and O–H groups in total. The number of hydrogen-bond acceptors (Lipinski definition) is 12. The van der Waals surface area contributed by atoms with Gasteiger partial charge in [-0.15, -0.1) is 0 Å². The summed E-state index contributed by atoms with van der Waals surface area (Å²) in [5.41, 5.74) is 1.68. The van der Waals surface area contributed by atoms with Crippen LogP contribution >= 0.6 is 0 Å². The Morgan fingerprint density at radius 2 is 1.03 bits per heavy atom. The van der Waals surface area contributed by atoms with Crippen LogP contribution in [-0.2, 0) is 9.59 Å². The third-order valence-electron chi connectivity index (χ3n) is 4.11. The van der Waals surface area contributed by atoms with Crippen molar-refractivity contribution in [3.05, 3.63) is 71.4 Å². The van der Waals surface area contributed by atoms with Crippen LogP contribution in [0, 0.1) is 0 Å². The molecule has 12 heteroatoms. The molecule has 176 valence electrons. The zero-order valence-electron chi connectivity index (χ0n) is 17.1. The number of rotatable bonds is 3. The average molecular weight is 461 g/mol. The van der Waals surface area contributed by atoms with Gasteiger partial charge in [0.2, 0.25) is 0 Å². The van der Waals surface area contributed by atoms with E-state index in [0.717, 1.165) is 0 Å². The van der Waals surface area contributed by atoms with Crippen molar-refractivity contribution in [2.75, 3.05) is 6.61 Å². The standard InChI is InChI=1S/C7H9NO3.2C7H7NO3/c3*9-4-5-1-2-7(10)6(3-5)8-11/h1-3,7,9-11H,4H2;2*1-4,7,10-11H. The quantitative estimate of drug-likeness (QED) is 0.162. The first kappa shape index (κ1) is 27.1. The molecule has 0 saturated heterocycles. The van der Waals surface area contributed by atoms with Gasteiger partial charge < -0.3 is 36.0 Å². The summed E-state index contributed by atoms with van der Waals surface area (Å²) in [7, 11) is 0. The number of carbonyl (C=O) groups is 2. The van der Waals surface area contributed by atoms with Crippen LogP contribution in [0.25, 0.3) is 0 Å². The van der Waals surface area contributed by atoms with Gasteiger partial charge in [0.05, 0.1) is 6.61 Å². The molecule has 33 heavy (non-hydrogen) atoms. The molecular formula is C21H23N3O9. The molecule has 0 aliphatic heterocycles. The minimum absolute atomic E-state index is 0.0783. The molecule has 0 amide bonds. The number of carbonyl (C=O) groups excluding carboxylic acids is 2. The molecule has 0 bridgehead atoms. The third-order valence-corrected chi connectivity index (χ3v) is 4.11. The number of oxime groups is 3. The fraction of sp³-hybridized carbons (Fsp3) is 0.190. The highest BCUT2D eigenvalue weighted by atomic mass is 16.4. The lowest BCUT2D eigenvalue weighted by atomic mass is 10.0. The maximum atomic E-state index is 10.2. The lowest BCUT2D eigenvalue weighted by Gasteiger charge is -2.10. The van der Waals surface area contributed by atoms with Gasteiger partial charge in [0, 0.05) is 11.1 Å². The maximum absolute atomic E-state index is 10.2. The molecule has 3 rings (SSSR count). The summed E-state index contributed by atoms with van der Waals surface area (Å²) in [6, 6.07) is 0. The molecule has 0 aromatic heterocycles. The van der Waals surface area contributed by atoms with Crippen molar-refractivity contribution in [2.45, 2.75) is 18.3 Å². The van der Waals surface area contributed by atoms with Crippen LogP contribution in [0.5, 0.6) is 0 Å². The molecule has 3 atom stereocenters. The van der Waals surface area contributed by atoms with Crippen molar-refractivity contribution >= 4 is 29.7 Å². The minimum Gasteiger partial charge on any atom is -0.411 e. The summed E-state index contributed by atoms with van der Waals surface area (Å²) in [6.45, 7) is -0.123. The molecule has 3 unspecified atom stereocenters. The average Bonchev–Trinajstić information content (AvgIpc) is 2.85. The second kappa shape index (κ2) is 14.2. The smallest absolute Gasteiger partial charge is 0.150 e. The van der Waals surface area contributed by atoms with Gasteiger partial charge in [-0.05, 0) is 42.0 Å². The van der Waals surface area contributed by atoms with E-state index < -0.39 is 18.3 Å². The Labute approximate surface area is 187 Å². The van der Waals surface area contributed by atoms with Gasteiger partial charge >= 0.3 is 0 Å². The molecule has 0 fully saturated rings. The first-order valence-electron chi connectivity index (χ1n) is 9.23. The predicted molar refractivity (Wildman–Crippen MR) is 117 cm³/mol. The lowest BCUT2D eigenvalue weighted by molar-refractivity contribution is -0.105. The van der Waals surface area contributed by atoms with Gasteiger partial charge in [0.1, 0.15) is 48.0 Å². The summed E-state index contributed by atoms with van der Waals surface area (Å²) in [5, 5.41) is 69.2. The van der Waals surface area contributed by atoms with Gasteiger partial charge in [0.15, 0.2) is 0 Å². The van der Waals surface area contributed by atoms with E-state index in [1.165, 1.54) is 48.6 Å². The van der Waals surface area contributed by atoms with Crippen LogP contribution < -0.4 is 0 Å². The first-order chi connectivity index (χ1) is 15.8. The van der Waals surface area contributed by atoms with E-state index in [1.54, 1.807) is 6.08 Å². The molecule has 3 aliphatic rings. The first-order valence-corrected chi connectivity index (χ1v) is 9.23.